The fourth-order valence-corrected chi connectivity index (χ4v) is 1.61. The lowest BCUT2D eigenvalue weighted by molar-refractivity contribution is 0.385. The molecule has 1 aromatic carbocycles. The standard InChI is InChI=1S/C13H21FN2O/c1-13(2,16)7-6-11(15)9-4-5-12(17-3)10(14)8-9/h4-5,8,11H,6-7,15-16H2,1-3H3. The van der Waals surface area contributed by atoms with Gasteiger partial charge in [-0.1, -0.05) is 6.07 Å². The minimum absolute atomic E-state index is 0.196. The summed E-state index contributed by atoms with van der Waals surface area (Å²) >= 11 is 0. The first-order valence-electron chi connectivity index (χ1n) is 5.71. The molecule has 1 rings (SSSR count). The Labute approximate surface area is 102 Å². The summed E-state index contributed by atoms with van der Waals surface area (Å²) < 4.78 is 18.3. The van der Waals surface area contributed by atoms with E-state index >= 15 is 0 Å². The molecule has 0 heterocycles. The lowest BCUT2D eigenvalue weighted by Gasteiger charge is -2.21. The Balaban J connectivity index is 2.69. The first-order chi connectivity index (χ1) is 7.83. The molecule has 0 saturated carbocycles. The van der Waals surface area contributed by atoms with Crippen molar-refractivity contribution >= 4 is 0 Å². The molecular weight excluding hydrogens is 219 g/mol. The number of rotatable bonds is 5. The second-order valence-corrected chi connectivity index (χ2v) is 5.03. The molecule has 1 aromatic rings. The van der Waals surface area contributed by atoms with Crippen molar-refractivity contribution in [1.29, 1.82) is 0 Å². The maximum Gasteiger partial charge on any atom is 0.165 e. The number of halogens is 1. The molecule has 0 aliphatic carbocycles. The van der Waals surface area contributed by atoms with Crippen molar-refractivity contribution < 1.29 is 9.13 Å². The Morgan fingerprint density at radius 3 is 2.53 bits per heavy atom. The summed E-state index contributed by atoms with van der Waals surface area (Å²) in [5, 5.41) is 0. The summed E-state index contributed by atoms with van der Waals surface area (Å²) in [6.07, 6.45) is 1.52. The average Bonchev–Trinajstić information content (AvgIpc) is 2.24. The molecule has 0 saturated heterocycles. The summed E-state index contributed by atoms with van der Waals surface area (Å²) in [4.78, 5) is 0. The van der Waals surface area contributed by atoms with Gasteiger partial charge < -0.3 is 16.2 Å². The van der Waals surface area contributed by atoms with Crippen LogP contribution < -0.4 is 16.2 Å². The molecule has 4 heteroatoms. The van der Waals surface area contributed by atoms with Crippen molar-refractivity contribution in [3.63, 3.8) is 0 Å². The highest BCUT2D eigenvalue weighted by Crippen LogP contribution is 2.24. The van der Waals surface area contributed by atoms with Gasteiger partial charge in [0.25, 0.3) is 0 Å². The zero-order valence-electron chi connectivity index (χ0n) is 10.7. The first kappa shape index (κ1) is 13.9. The van der Waals surface area contributed by atoms with Gasteiger partial charge in [-0.15, -0.1) is 0 Å². The highest BCUT2D eigenvalue weighted by atomic mass is 19.1. The van der Waals surface area contributed by atoms with Crippen molar-refractivity contribution in [3.8, 4) is 5.75 Å². The summed E-state index contributed by atoms with van der Waals surface area (Å²) in [6.45, 7) is 3.91. The smallest absolute Gasteiger partial charge is 0.165 e. The second kappa shape index (κ2) is 5.47. The molecule has 0 fully saturated rings. The first-order valence-corrected chi connectivity index (χ1v) is 5.71. The third-order valence-corrected chi connectivity index (χ3v) is 2.70. The van der Waals surface area contributed by atoms with Gasteiger partial charge in [-0.2, -0.15) is 0 Å². The predicted molar refractivity (Wildman–Crippen MR) is 67.4 cm³/mol. The lowest BCUT2D eigenvalue weighted by atomic mass is 9.94. The molecule has 3 nitrogen and oxygen atoms in total. The van der Waals surface area contributed by atoms with Gasteiger partial charge in [-0.3, -0.25) is 0 Å². The van der Waals surface area contributed by atoms with Gasteiger partial charge in [-0.25, -0.2) is 4.39 Å². The zero-order valence-corrected chi connectivity index (χ0v) is 10.7. The van der Waals surface area contributed by atoms with E-state index in [1.807, 2.05) is 13.8 Å². The van der Waals surface area contributed by atoms with E-state index in [1.54, 1.807) is 12.1 Å². The van der Waals surface area contributed by atoms with E-state index in [2.05, 4.69) is 0 Å². The fraction of sp³-hybridized carbons (Fsp3) is 0.538. The van der Waals surface area contributed by atoms with Crippen LogP contribution in [-0.4, -0.2) is 12.6 Å². The Morgan fingerprint density at radius 2 is 2.06 bits per heavy atom. The van der Waals surface area contributed by atoms with Crippen LogP contribution in [0.4, 0.5) is 4.39 Å². The molecule has 0 spiro atoms. The van der Waals surface area contributed by atoms with Gasteiger partial charge in [-0.05, 0) is 44.4 Å². The Morgan fingerprint density at radius 1 is 1.41 bits per heavy atom. The van der Waals surface area contributed by atoms with Gasteiger partial charge in [0.15, 0.2) is 11.6 Å². The van der Waals surface area contributed by atoms with Crippen LogP contribution in [0.2, 0.25) is 0 Å². The molecular formula is C13H21FN2O. The topological polar surface area (TPSA) is 61.3 Å². The Bertz CT molecular complexity index is 374. The molecule has 0 radical (unpaired) electrons. The van der Waals surface area contributed by atoms with Crippen LogP contribution >= 0.6 is 0 Å². The minimum Gasteiger partial charge on any atom is -0.494 e. The molecule has 1 atom stereocenters. The summed E-state index contributed by atoms with van der Waals surface area (Å²) in [6, 6.07) is 4.61. The van der Waals surface area contributed by atoms with Crippen molar-refractivity contribution in [3.05, 3.63) is 29.6 Å². The quantitative estimate of drug-likeness (QED) is 0.830. The van der Waals surface area contributed by atoms with Crippen molar-refractivity contribution in [2.45, 2.75) is 38.3 Å². The van der Waals surface area contributed by atoms with Gasteiger partial charge in [0.05, 0.1) is 7.11 Å². The van der Waals surface area contributed by atoms with Gasteiger partial charge >= 0.3 is 0 Å². The number of hydrogen-bond acceptors (Lipinski definition) is 3. The van der Waals surface area contributed by atoms with Crippen LogP contribution in [0.1, 0.15) is 38.3 Å². The molecule has 17 heavy (non-hydrogen) atoms. The third-order valence-electron chi connectivity index (χ3n) is 2.70. The van der Waals surface area contributed by atoms with E-state index in [4.69, 9.17) is 16.2 Å². The van der Waals surface area contributed by atoms with Gasteiger partial charge in [0.2, 0.25) is 0 Å². The van der Waals surface area contributed by atoms with Crippen LogP contribution in [-0.2, 0) is 0 Å². The summed E-state index contributed by atoms with van der Waals surface area (Å²) in [5.41, 5.74) is 12.4. The number of benzene rings is 1. The van der Waals surface area contributed by atoms with Gasteiger partial charge in [0.1, 0.15) is 0 Å². The maximum absolute atomic E-state index is 13.5. The number of methoxy groups -OCH3 is 1. The Hall–Kier alpha value is -1.13. The van der Waals surface area contributed by atoms with E-state index in [-0.39, 0.29) is 23.1 Å². The van der Waals surface area contributed by atoms with E-state index in [9.17, 15) is 4.39 Å². The normalized spacial score (nSPS) is 13.5. The van der Waals surface area contributed by atoms with Gasteiger partial charge in [0, 0.05) is 11.6 Å². The second-order valence-electron chi connectivity index (χ2n) is 5.03. The van der Waals surface area contributed by atoms with E-state index in [1.165, 1.54) is 13.2 Å². The van der Waals surface area contributed by atoms with E-state index < -0.39 is 0 Å². The molecule has 1 unspecified atom stereocenters. The highest BCUT2D eigenvalue weighted by molar-refractivity contribution is 5.30. The fourth-order valence-electron chi connectivity index (χ4n) is 1.61. The van der Waals surface area contributed by atoms with E-state index in [0.717, 1.165) is 18.4 Å². The van der Waals surface area contributed by atoms with Crippen molar-refractivity contribution in [1.82, 2.24) is 0 Å². The number of hydrogen-bond donors (Lipinski definition) is 2. The van der Waals surface area contributed by atoms with Crippen LogP contribution in [0.25, 0.3) is 0 Å². The third kappa shape index (κ3) is 4.32. The van der Waals surface area contributed by atoms with Crippen LogP contribution in [0.3, 0.4) is 0 Å². The van der Waals surface area contributed by atoms with Crippen molar-refractivity contribution in [2.24, 2.45) is 11.5 Å². The molecule has 0 aromatic heterocycles. The van der Waals surface area contributed by atoms with E-state index in [0.29, 0.717) is 0 Å². The largest absolute Gasteiger partial charge is 0.494 e. The predicted octanol–water partition coefficient (Wildman–Crippen LogP) is 2.35. The zero-order chi connectivity index (χ0) is 13.1. The monoisotopic (exact) mass is 240 g/mol. The highest BCUT2D eigenvalue weighted by Gasteiger charge is 2.15. The van der Waals surface area contributed by atoms with Crippen LogP contribution in [0.15, 0.2) is 18.2 Å². The maximum atomic E-state index is 13.5. The van der Waals surface area contributed by atoms with Crippen LogP contribution in [0.5, 0.6) is 5.75 Å². The van der Waals surface area contributed by atoms with Crippen LogP contribution in [0, 0.1) is 5.82 Å². The number of nitrogens with two attached hydrogens (primary N) is 2. The molecule has 0 bridgehead atoms. The minimum atomic E-state index is -0.382. The van der Waals surface area contributed by atoms with Crippen molar-refractivity contribution in [2.75, 3.05) is 7.11 Å². The summed E-state index contributed by atoms with van der Waals surface area (Å²) in [5.74, 6) is -0.146. The molecule has 0 aliphatic rings. The molecule has 0 amide bonds. The average molecular weight is 240 g/mol. The summed E-state index contributed by atoms with van der Waals surface area (Å²) in [7, 11) is 1.44. The number of ether oxygens (including phenoxy) is 1. The Kier molecular flexibility index (Phi) is 4.48. The lowest BCUT2D eigenvalue weighted by Crippen LogP contribution is -2.32. The molecule has 4 N–H and O–H groups in total. The SMILES string of the molecule is COc1ccc(C(N)CCC(C)(C)N)cc1F. The molecule has 96 valence electrons. The molecule has 0 aliphatic heterocycles.